The van der Waals surface area contributed by atoms with Gasteiger partial charge in [-0.25, -0.2) is 0 Å². The van der Waals surface area contributed by atoms with Crippen LogP contribution < -0.4 is 10.6 Å². The number of para-hydroxylation sites is 1. The molecule has 2 N–H and O–H groups in total. The summed E-state index contributed by atoms with van der Waals surface area (Å²) in [5, 5.41) is 5.68. The lowest BCUT2D eigenvalue weighted by molar-refractivity contribution is -0.151. The molecule has 0 saturated heterocycles. The van der Waals surface area contributed by atoms with E-state index in [0.29, 0.717) is 23.6 Å². The van der Waals surface area contributed by atoms with Gasteiger partial charge in [-0.05, 0) is 82.3 Å². The lowest BCUT2D eigenvalue weighted by Gasteiger charge is -2.40. The van der Waals surface area contributed by atoms with Gasteiger partial charge in [-0.15, -0.1) is 0 Å². The summed E-state index contributed by atoms with van der Waals surface area (Å²) in [6, 6.07) is 18.6. The number of anilines is 1. The molecule has 188 valence electrons. The molecular formula is C29H33N3O4. The van der Waals surface area contributed by atoms with E-state index >= 15 is 0 Å². The van der Waals surface area contributed by atoms with E-state index in [9.17, 15) is 14.4 Å². The van der Waals surface area contributed by atoms with Crippen LogP contribution in [0.15, 0.2) is 71.1 Å². The molecule has 1 aromatic heterocycles. The Kier molecular flexibility index (Phi) is 7.29. The van der Waals surface area contributed by atoms with Gasteiger partial charge in [0, 0.05) is 11.2 Å². The Morgan fingerprint density at radius 2 is 1.67 bits per heavy atom. The number of carbonyl (C=O) groups excluding carboxylic acids is 3. The fourth-order valence-corrected chi connectivity index (χ4v) is 4.71. The van der Waals surface area contributed by atoms with Gasteiger partial charge >= 0.3 is 11.8 Å². The molecule has 2 atom stereocenters. The van der Waals surface area contributed by atoms with Crippen LogP contribution in [0, 0.1) is 6.92 Å². The van der Waals surface area contributed by atoms with Crippen molar-refractivity contribution in [3.8, 4) is 0 Å². The predicted octanol–water partition coefficient (Wildman–Crippen LogP) is 5.09. The minimum Gasteiger partial charge on any atom is -0.464 e. The molecule has 0 unspecified atom stereocenters. The summed E-state index contributed by atoms with van der Waals surface area (Å²) >= 11 is 0. The molecule has 1 aliphatic rings. The number of nitrogens with one attached hydrogen (secondary N) is 2. The molecule has 0 radical (unpaired) electrons. The van der Waals surface area contributed by atoms with Crippen LogP contribution in [0.5, 0.6) is 0 Å². The van der Waals surface area contributed by atoms with Gasteiger partial charge in [-0.1, -0.05) is 42.5 Å². The van der Waals surface area contributed by atoms with Gasteiger partial charge in [-0.2, -0.15) is 0 Å². The SMILES string of the molecule is Cc1ccc([C@H](C(=O)NC(C)(C)C)N(C(=O)C(=O)Nc2ccccc2)[C@H]2CCCc3ccccc32)o1. The van der Waals surface area contributed by atoms with Crippen molar-refractivity contribution >= 4 is 23.4 Å². The fraction of sp³-hybridized carbons (Fsp3) is 0.345. The lowest BCUT2D eigenvalue weighted by Crippen LogP contribution is -2.52. The van der Waals surface area contributed by atoms with E-state index in [2.05, 4.69) is 10.6 Å². The van der Waals surface area contributed by atoms with Gasteiger partial charge in [0.15, 0.2) is 6.04 Å². The Bertz CT molecular complexity index is 1240. The fourth-order valence-electron chi connectivity index (χ4n) is 4.71. The van der Waals surface area contributed by atoms with E-state index < -0.39 is 35.3 Å². The summed E-state index contributed by atoms with van der Waals surface area (Å²) < 4.78 is 5.90. The number of benzene rings is 2. The van der Waals surface area contributed by atoms with Crippen LogP contribution >= 0.6 is 0 Å². The van der Waals surface area contributed by atoms with Gasteiger partial charge in [0.25, 0.3) is 5.91 Å². The van der Waals surface area contributed by atoms with Crippen molar-refractivity contribution in [3.05, 3.63) is 89.4 Å². The number of hydrogen-bond donors (Lipinski definition) is 2. The van der Waals surface area contributed by atoms with Crippen molar-refractivity contribution in [2.45, 2.75) is 64.6 Å². The molecule has 7 nitrogen and oxygen atoms in total. The molecule has 0 spiro atoms. The highest BCUT2D eigenvalue weighted by Gasteiger charge is 2.43. The van der Waals surface area contributed by atoms with Crippen LogP contribution in [0.2, 0.25) is 0 Å². The quantitative estimate of drug-likeness (QED) is 0.491. The van der Waals surface area contributed by atoms with Crippen molar-refractivity contribution in [2.24, 2.45) is 0 Å². The van der Waals surface area contributed by atoms with Gasteiger partial charge in [-0.3, -0.25) is 14.4 Å². The molecule has 36 heavy (non-hydrogen) atoms. The van der Waals surface area contributed by atoms with Crippen molar-refractivity contribution in [1.82, 2.24) is 10.2 Å². The first-order chi connectivity index (χ1) is 17.1. The molecule has 1 aliphatic carbocycles. The van der Waals surface area contributed by atoms with Crippen LogP contribution in [0.1, 0.15) is 68.3 Å². The summed E-state index contributed by atoms with van der Waals surface area (Å²) in [7, 11) is 0. The minimum atomic E-state index is -1.12. The molecule has 3 amide bonds. The minimum absolute atomic E-state index is 0.318. The number of nitrogens with zero attached hydrogens (tertiary/aromatic N) is 1. The molecule has 0 saturated carbocycles. The Balaban J connectivity index is 1.81. The summed E-state index contributed by atoms with van der Waals surface area (Å²) in [5.41, 5.74) is 2.01. The molecule has 0 bridgehead atoms. The Morgan fingerprint density at radius 3 is 2.33 bits per heavy atom. The maximum atomic E-state index is 13.9. The first kappa shape index (κ1) is 25.2. The average molecular weight is 488 g/mol. The number of aryl methyl sites for hydroxylation is 2. The van der Waals surface area contributed by atoms with E-state index in [0.717, 1.165) is 24.0 Å². The van der Waals surface area contributed by atoms with Gasteiger partial charge < -0.3 is 20.0 Å². The molecule has 0 aliphatic heterocycles. The first-order valence-electron chi connectivity index (χ1n) is 12.3. The summed E-state index contributed by atoms with van der Waals surface area (Å²) in [6.45, 7) is 7.41. The lowest BCUT2D eigenvalue weighted by atomic mass is 9.85. The van der Waals surface area contributed by atoms with Crippen molar-refractivity contribution in [3.63, 3.8) is 0 Å². The summed E-state index contributed by atoms with van der Waals surface area (Å²) in [6.07, 6.45) is 2.33. The first-order valence-corrected chi connectivity index (χ1v) is 12.3. The monoisotopic (exact) mass is 487 g/mol. The Morgan fingerprint density at radius 1 is 0.972 bits per heavy atom. The highest BCUT2D eigenvalue weighted by Crippen LogP contribution is 2.40. The van der Waals surface area contributed by atoms with Crippen LogP contribution in [0.4, 0.5) is 5.69 Å². The van der Waals surface area contributed by atoms with Crippen LogP contribution in [-0.4, -0.2) is 28.2 Å². The van der Waals surface area contributed by atoms with Gasteiger partial charge in [0.05, 0.1) is 6.04 Å². The second-order valence-corrected chi connectivity index (χ2v) is 10.2. The van der Waals surface area contributed by atoms with Crippen LogP contribution in [0.3, 0.4) is 0 Å². The standard InChI is InChI=1S/C29H33N3O4/c1-19-17-18-24(36-19)25(26(33)31-29(2,3)4)32(23-16-10-12-20-11-8-9-15-22(20)23)28(35)27(34)30-21-13-6-5-7-14-21/h5-9,11,13-15,17-18,23,25H,10,12,16H2,1-4H3,(H,30,34)(H,31,33)/t23-,25+/m0/s1. The predicted molar refractivity (Wildman–Crippen MR) is 138 cm³/mol. The summed E-state index contributed by atoms with van der Waals surface area (Å²) in [5.74, 6) is -1.06. The smallest absolute Gasteiger partial charge is 0.313 e. The van der Waals surface area contributed by atoms with E-state index in [1.165, 1.54) is 4.90 Å². The van der Waals surface area contributed by atoms with Crippen molar-refractivity contribution < 1.29 is 18.8 Å². The normalized spacial score (nSPS) is 15.9. The van der Waals surface area contributed by atoms with Crippen LogP contribution in [0.25, 0.3) is 0 Å². The highest BCUT2D eigenvalue weighted by molar-refractivity contribution is 6.40. The van der Waals surface area contributed by atoms with E-state index in [4.69, 9.17) is 4.42 Å². The third-order valence-electron chi connectivity index (χ3n) is 6.19. The zero-order chi connectivity index (χ0) is 25.9. The van der Waals surface area contributed by atoms with Gasteiger partial charge in [0.1, 0.15) is 11.5 Å². The number of furan rings is 1. The number of hydrogen-bond acceptors (Lipinski definition) is 4. The topological polar surface area (TPSA) is 91.7 Å². The Hall–Kier alpha value is -3.87. The molecular weight excluding hydrogens is 454 g/mol. The molecule has 4 rings (SSSR count). The third kappa shape index (κ3) is 5.67. The average Bonchev–Trinajstić information content (AvgIpc) is 3.26. The number of rotatable bonds is 5. The molecule has 3 aromatic rings. The van der Waals surface area contributed by atoms with Crippen molar-refractivity contribution in [1.29, 1.82) is 0 Å². The molecule has 7 heteroatoms. The molecule has 0 fully saturated rings. The number of carbonyl (C=O) groups is 3. The zero-order valence-corrected chi connectivity index (χ0v) is 21.2. The van der Waals surface area contributed by atoms with E-state index in [-0.39, 0.29) is 0 Å². The molecule has 1 heterocycles. The summed E-state index contributed by atoms with van der Waals surface area (Å²) in [4.78, 5) is 42.4. The largest absolute Gasteiger partial charge is 0.464 e. The van der Waals surface area contributed by atoms with Crippen LogP contribution in [-0.2, 0) is 20.8 Å². The molecule has 2 aromatic carbocycles. The van der Waals surface area contributed by atoms with E-state index in [1.807, 2.05) is 51.1 Å². The second kappa shape index (κ2) is 10.4. The Labute approximate surface area is 211 Å². The second-order valence-electron chi connectivity index (χ2n) is 10.2. The maximum absolute atomic E-state index is 13.9. The van der Waals surface area contributed by atoms with Crippen molar-refractivity contribution in [2.75, 3.05) is 5.32 Å². The third-order valence-corrected chi connectivity index (χ3v) is 6.19. The van der Waals surface area contributed by atoms with E-state index in [1.54, 1.807) is 43.3 Å². The number of amides is 3. The number of fused-ring (bicyclic) bond motifs is 1. The van der Waals surface area contributed by atoms with Gasteiger partial charge in [0.2, 0.25) is 0 Å². The zero-order valence-electron chi connectivity index (χ0n) is 21.2. The highest BCUT2D eigenvalue weighted by atomic mass is 16.3. The maximum Gasteiger partial charge on any atom is 0.313 e.